The summed E-state index contributed by atoms with van der Waals surface area (Å²) in [6, 6.07) is 3.72. The van der Waals surface area contributed by atoms with E-state index in [-0.39, 0.29) is 0 Å². The molecule has 0 bridgehead atoms. The zero-order chi connectivity index (χ0) is 13.0. The lowest BCUT2D eigenvalue weighted by Gasteiger charge is -2.41. The lowest BCUT2D eigenvalue weighted by molar-refractivity contribution is 0.198. The van der Waals surface area contributed by atoms with Gasteiger partial charge in [-0.05, 0) is 24.3 Å². The average Bonchev–Trinajstić information content (AvgIpc) is 2.47. The van der Waals surface area contributed by atoms with Gasteiger partial charge in [-0.3, -0.25) is 0 Å². The van der Waals surface area contributed by atoms with E-state index in [0.717, 1.165) is 13.1 Å². The fraction of sp³-hybridized carbons (Fsp3) is 0.643. The Kier molecular flexibility index (Phi) is 3.81. The Morgan fingerprint density at radius 1 is 1.33 bits per heavy atom. The average molecular weight is 244 g/mol. The van der Waals surface area contributed by atoms with Crippen molar-refractivity contribution in [2.75, 3.05) is 18.0 Å². The summed E-state index contributed by atoms with van der Waals surface area (Å²) in [5.74, 6) is 0.704. The Bertz CT molecular complexity index is 435. The number of anilines is 1. The molecule has 2 rings (SSSR count). The molecule has 1 aliphatic heterocycles. The molecule has 0 unspecified atom stereocenters. The van der Waals surface area contributed by atoms with Gasteiger partial charge < -0.3 is 4.90 Å². The quantitative estimate of drug-likeness (QED) is 0.820. The van der Waals surface area contributed by atoms with Crippen molar-refractivity contribution in [2.45, 2.75) is 39.5 Å². The van der Waals surface area contributed by atoms with Gasteiger partial charge in [0.1, 0.15) is 11.8 Å². The van der Waals surface area contributed by atoms with Gasteiger partial charge in [0, 0.05) is 19.3 Å². The molecule has 4 nitrogen and oxygen atoms in total. The summed E-state index contributed by atoms with van der Waals surface area (Å²) in [5.41, 5.74) is 0.950. The lowest BCUT2D eigenvalue weighted by atomic mass is 9.74. The summed E-state index contributed by atoms with van der Waals surface area (Å²) < 4.78 is 0. The minimum Gasteiger partial charge on any atom is -0.341 e. The molecular weight excluding hydrogens is 224 g/mol. The molecule has 0 saturated carbocycles. The van der Waals surface area contributed by atoms with Crippen molar-refractivity contribution in [1.29, 1.82) is 5.26 Å². The highest BCUT2D eigenvalue weighted by atomic mass is 15.3. The number of nitrogens with zero attached hydrogens (tertiary/aromatic N) is 4. The third-order valence-electron chi connectivity index (χ3n) is 4.36. The molecule has 0 spiro atoms. The highest BCUT2D eigenvalue weighted by molar-refractivity contribution is 5.34. The molecule has 1 fully saturated rings. The molecule has 0 aliphatic carbocycles. The van der Waals surface area contributed by atoms with Gasteiger partial charge in [-0.1, -0.05) is 26.7 Å². The molecule has 1 saturated heterocycles. The summed E-state index contributed by atoms with van der Waals surface area (Å²) in [6.45, 7) is 6.56. The van der Waals surface area contributed by atoms with E-state index >= 15 is 0 Å². The van der Waals surface area contributed by atoms with Crippen LogP contribution in [0.5, 0.6) is 0 Å². The van der Waals surface area contributed by atoms with Crippen LogP contribution in [0, 0.1) is 16.7 Å². The Morgan fingerprint density at radius 3 is 2.56 bits per heavy atom. The molecular formula is C14H20N4. The van der Waals surface area contributed by atoms with Crippen molar-refractivity contribution in [3.63, 3.8) is 0 Å². The van der Waals surface area contributed by atoms with Crippen LogP contribution in [-0.4, -0.2) is 23.1 Å². The molecule has 1 aromatic heterocycles. The van der Waals surface area contributed by atoms with E-state index in [4.69, 9.17) is 5.26 Å². The maximum absolute atomic E-state index is 8.86. The first kappa shape index (κ1) is 12.8. The van der Waals surface area contributed by atoms with Crippen molar-refractivity contribution in [1.82, 2.24) is 9.97 Å². The van der Waals surface area contributed by atoms with Crippen LogP contribution in [0.3, 0.4) is 0 Å². The zero-order valence-electron chi connectivity index (χ0n) is 11.2. The first-order chi connectivity index (χ1) is 8.73. The van der Waals surface area contributed by atoms with E-state index in [1.807, 2.05) is 0 Å². The molecule has 0 N–H and O–H groups in total. The number of hydrogen-bond acceptors (Lipinski definition) is 4. The minimum absolute atomic E-state index is 0.447. The molecule has 96 valence electrons. The van der Waals surface area contributed by atoms with Crippen LogP contribution in [0.1, 0.15) is 45.2 Å². The van der Waals surface area contributed by atoms with Crippen molar-refractivity contribution < 1.29 is 0 Å². The Labute approximate surface area is 109 Å². The number of piperidine rings is 1. The van der Waals surface area contributed by atoms with Crippen LogP contribution in [0.15, 0.2) is 12.3 Å². The number of rotatable bonds is 3. The van der Waals surface area contributed by atoms with E-state index in [1.54, 1.807) is 12.3 Å². The van der Waals surface area contributed by atoms with Crippen LogP contribution in [0.2, 0.25) is 0 Å². The van der Waals surface area contributed by atoms with Crippen molar-refractivity contribution in [2.24, 2.45) is 5.41 Å². The van der Waals surface area contributed by atoms with E-state index in [1.165, 1.54) is 25.7 Å². The van der Waals surface area contributed by atoms with Gasteiger partial charge in [-0.2, -0.15) is 5.26 Å². The van der Waals surface area contributed by atoms with E-state index in [0.29, 0.717) is 17.1 Å². The van der Waals surface area contributed by atoms with Crippen molar-refractivity contribution >= 4 is 5.95 Å². The van der Waals surface area contributed by atoms with Gasteiger partial charge >= 0.3 is 0 Å². The number of nitriles is 1. The summed E-state index contributed by atoms with van der Waals surface area (Å²) in [5, 5.41) is 8.86. The molecule has 4 heteroatoms. The normalized spacial score (nSPS) is 18.4. The molecule has 18 heavy (non-hydrogen) atoms. The molecule has 0 radical (unpaired) electrons. The first-order valence-corrected chi connectivity index (χ1v) is 6.71. The largest absolute Gasteiger partial charge is 0.341 e. The van der Waals surface area contributed by atoms with Gasteiger partial charge in [-0.25, -0.2) is 9.97 Å². The summed E-state index contributed by atoms with van der Waals surface area (Å²) in [4.78, 5) is 10.7. The van der Waals surface area contributed by atoms with Gasteiger partial charge in [-0.15, -0.1) is 0 Å². The lowest BCUT2D eigenvalue weighted by Crippen LogP contribution is -2.40. The fourth-order valence-corrected chi connectivity index (χ4v) is 2.70. The number of aromatic nitrogens is 2. The minimum atomic E-state index is 0.447. The second-order valence-corrected chi connectivity index (χ2v) is 5.05. The van der Waals surface area contributed by atoms with Crippen LogP contribution in [-0.2, 0) is 0 Å². The van der Waals surface area contributed by atoms with Crippen LogP contribution in [0.4, 0.5) is 5.95 Å². The van der Waals surface area contributed by atoms with E-state index < -0.39 is 0 Å². The molecule has 1 aliphatic rings. The first-order valence-electron chi connectivity index (χ1n) is 6.71. The molecule has 0 aromatic carbocycles. The van der Waals surface area contributed by atoms with Crippen LogP contribution in [0.25, 0.3) is 0 Å². The highest BCUT2D eigenvalue weighted by Crippen LogP contribution is 2.38. The predicted octanol–water partition coefficient (Wildman–Crippen LogP) is 2.75. The SMILES string of the molecule is CCC1(CC)CCN(c2nccc(C#N)n2)CC1. The monoisotopic (exact) mass is 244 g/mol. The second kappa shape index (κ2) is 5.34. The third-order valence-corrected chi connectivity index (χ3v) is 4.36. The Hall–Kier alpha value is -1.63. The number of hydrogen-bond donors (Lipinski definition) is 0. The Balaban J connectivity index is 2.07. The van der Waals surface area contributed by atoms with Crippen LogP contribution >= 0.6 is 0 Å². The van der Waals surface area contributed by atoms with Crippen LogP contribution < -0.4 is 4.90 Å². The maximum Gasteiger partial charge on any atom is 0.226 e. The van der Waals surface area contributed by atoms with E-state index in [2.05, 4.69) is 34.8 Å². The Morgan fingerprint density at radius 2 is 2.00 bits per heavy atom. The van der Waals surface area contributed by atoms with Gasteiger partial charge in [0.15, 0.2) is 0 Å². The van der Waals surface area contributed by atoms with Crippen molar-refractivity contribution in [3.8, 4) is 6.07 Å². The summed E-state index contributed by atoms with van der Waals surface area (Å²) in [7, 11) is 0. The molecule has 0 atom stereocenters. The topological polar surface area (TPSA) is 52.8 Å². The van der Waals surface area contributed by atoms with E-state index in [9.17, 15) is 0 Å². The molecule has 1 aromatic rings. The zero-order valence-corrected chi connectivity index (χ0v) is 11.2. The van der Waals surface area contributed by atoms with Crippen molar-refractivity contribution in [3.05, 3.63) is 18.0 Å². The summed E-state index contributed by atoms with van der Waals surface area (Å²) in [6.07, 6.45) is 6.55. The summed E-state index contributed by atoms with van der Waals surface area (Å²) >= 11 is 0. The van der Waals surface area contributed by atoms with Gasteiger partial charge in [0.25, 0.3) is 0 Å². The predicted molar refractivity (Wildman–Crippen MR) is 71.2 cm³/mol. The molecule has 2 heterocycles. The van der Waals surface area contributed by atoms with Gasteiger partial charge in [0.2, 0.25) is 5.95 Å². The maximum atomic E-state index is 8.86. The third kappa shape index (κ3) is 2.45. The standard InChI is InChI=1S/C14H20N4/c1-3-14(4-2)6-9-18(10-7-14)13-16-8-5-12(11-15)17-13/h5,8H,3-4,6-7,9-10H2,1-2H3. The smallest absolute Gasteiger partial charge is 0.226 e. The fourth-order valence-electron chi connectivity index (χ4n) is 2.70. The second-order valence-electron chi connectivity index (χ2n) is 5.05. The molecule has 0 amide bonds. The highest BCUT2D eigenvalue weighted by Gasteiger charge is 2.31. The van der Waals surface area contributed by atoms with Gasteiger partial charge in [0.05, 0.1) is 0 Å².